The second kappa shape index (κ2) is 6.18. The zero-order valence-electron chi connectivity index (χ0n) is 11.8. The molecule has 0 aliphatic rings. The van der Waals surface area contributed by atoms with Gasteiger partial charge >= 0.3 is 6.18 Å². The maximum atomic E-state index is 12.8. The van der Waals surface area contributed by atoms with E-state index >= 15 is 0 Å². The van der Waals surface area contributed by atoms with Crippen LogP contribution in [0, 0.1) is 0 Å². The highest BCUT2D eigenvalue weighted by atomic mass is 19.4. The lowest BCUT2D eigenvalue weighted by molar-refractivity contribution is -0.141. The summed E-state index contributed by atoms with van der Waals surface area (Å²) in [6.07, 6.45) is -4.64. The van der Waals surface area contributed by atoms with Gasteiger partial charge in [-0.05, 0) is 24.2 Å². The molecule has 0 radical (unpaired) electrons. The van der Waals surface area contributed by atoms with Gasteiger partial charge in [0.2, 0.25) is 0 Å². The molecule has 8 heteroatoms. The first-order valence-electron chi connectivity index (χ1n) is 6.60. The molecule has 0 unspecified atom stereocenters. The predicted octanol–water partition coefficient (Wildman–Crippen LogP) is 2.10. The number of nitrogens with two attached hydrogens (primary N) is 1. The van der Waals surface area contributed by atoms with E-state index < -0.39 is 17.8 Å². The molecule has 118 valence electrons. The minimum Gasteiger partial charge on any atom is -0.364 e. The summed E-state index contributed by atoms with van der Waals surface area (Å²) in [7, 11) is 0. The van der Waals surface area contributed by atoms with E-state index in [0.717, 1.165) is 16.8 Å². The Kier molecular flexibility index (Phi) is 4.51. The van der Waals surface area contributed by atoms with E-state index in [9.17, 15) is 18.0 Å². The third kappa shape index (κ3) is 3.45. The number of nitrogens with one attached hydrogen (secondary N) is 1. The normalized spacial score (nSPS) is 11.6. The SMILES string of the molecule is CCNCc1cccc(-n2nc(C(F)(F)F)cc2C(N)=O)c1. The number of aromatic nitrogens is 2. The maximum Gasteiger partial charge on any atom is 0.435 e. The molecule has 2 aromatic rings. The summed E-state index contributed by atoms with van der Waals surface area (Å²) >= 11 is 0. The highest BCUT2D eigenvalue weighted by molar-refractivity contribution is 5.91. The van der Waals surface area contributed by atoms with Gasteiger partial charge < -0.3 is 11.1 Å². The standard InChI is InChI=1S/C14H15F3N4O/c1-2-19-8-9-4-3-5-10(6-9)21-11(13(18)22)7-12(20-21)14(15,16)17/h3-7,19H,2,8H2,1H3,(H2,18,22). The smallest absolute Gasteiger partial charge is 0.364 e. The van der Waals surface area contributed by atoms with E-state index in [4.69, 9.17) is 5.73 Å². The zero-order valence-corrected chi connectivity index (χ0v) is 11.8. The molecule has 0 spiro atoms. The summed E-state index contributed by atoms with van der Waals surface area (Å²) in [6.45, 7) is 3.26. The summed E-state index contributed by atoms with van der Waals surface area (Å²) in [6, 6.07) is 7.38. The van der Waals surface area contributed by atoms with Crippen molar-refractivity contribution in [2.75, 3.05) is 6.54 Å². The van der Waals surface area contributed by atoms with Crippen LogP contribution in [-0.4, -0.2) is 22.2 Å². The number of halogens is 3. The van der Waals surface area contributed by atoms with Crippen LogP contribution < -0.4 is 11.1 Å². The van der Waals surface area contributed by atoms with E-state index in [1.807, 2.05) is 13.0 Å². The molecule has 0 atom stereocenters. The molecular weight excluding hydrogens is 297 g/mol. The van der Waals surface area contributed by atoms with Crippen molar-refractivity contribution in [2.24, 2.45) is 5.73 Å². The molecule has 5 nitrogen and oxygen atoms in total. The number of benzene rings is 1. The number of carbonyl (C=O) groups is 1. The van der Waals surface area contributed by atoms with Crippen LogP contribution in [-0.2, 0) is 12.7 Å². The highest BCUT2D eigenvalue weighted by Gasteiger charge is 2.35. The van der Waals surface area contributed by atoms with Gasteiger partial charge in [-0.3, -0.25) is 4.79 Å². The summed E-state index contributed by atoms with van der Waals surface area (Å²) in [4.78, 5) is 11.4. The van der Waals surface area contributed by atoms with Crippen LogP contribution in [0.15, 0.2) is 30.3 Å². The number of nitrogens with zero attached hydrogens (tertiary/aromatic N) is 2. The van der Waals surface area contributed by atoms with Crippen LogP contribution >= 0.6 is 0 Å². The number of carbonyl (C=O) groups excluding carboxylic acids is 1. The number of amides is 1. The molecule has 1 aromatic heterocycles. The molecule has 0 aliphatic carbocycles. The van der Waals surface area contributed by atoms with E-state index in [0.29, 0.717) is 18.3 Å². The van der Waals surface area contributed by atoms with Crippen LogP contribution in [0.3, 0.4) is 0 Å². The summed E-state index contributed by atoms with van der Waals surface area (Å²) < 4.78 is 39.2. The molecule has 1 heterocycles. The number of hydrogen-bond donors (Lipinski definition) is 2. The van der Waals surface area contributed by atoms with E-state index in [-0.39, 0.29) is 5.69 Å². The molecule has 0 bridgehead atoms. The van der Waals surface area contributed by atoms with Gasteiger partial charge in [0, 0.05) is 12.6 Å². The first-order valence-corrected chi connectivity index (χ1v) is 6.60. The van der Waals surface area contributed by atoms with E-state index in [1.54, 1.807) is 18.2 Å². The van der Waals surface area contributed by atoms with Crippen molar-refractivity contribution in [2.45, 2.75) is 19.6 Å². The molecule has 3 N–H and O–H groups in total. The molecular formula is C14H15F3N4O. The molecule has 0 fully saturated rings. The minimum absolute atomic E-state index is 0.312. The Morgan fingerprint density at radius 1 is 1.36 bits per heavy atom. The molecule has 0 saturated carbocycles. The topological polar surface area (TPSA) is 72.9 Å². The van der Waals surface area contributed by atoms with Crippen LogP contribution in [0.5, 0.6) is 0 Å². The average Bonchev–Trinajstić information content (AvgIpc) is 2.91. The Hall–Kier alpha value is -2.35. The van der Waals surface area contributed by atoms with Crippen LogP contribution in [0.25, 0.3) is 5.69 Å². The van der Waals surface area contributed by atoms with Gasteiger partial charge in [0.05, 0.1) is 5.69 Å². The Morgan fingerprint density at radius 3 is 2.68 bits per heavy atom. The molecule has 22 heavy (non-hydrogen) atoms. The fourth-order valence-electron chi connectivity index (χ4n) is 1.96. The number of alkyl halides is 3. The van der Waals surface area contributed by atoms with Gasteiger partial charge in [-0.15, -0.1) is 0 Å². The second-order valence-corrected chi connectivity index (χ2v) is 4.64. The molecule has 1 aromatic carbocycles. The minimum atomic E-state index is -4.64. The van der Waals surface area contributed by atoms with Gasteiger partial charge in [-0.2, -0.15) is 18.3 Å². The molecule has 1 amide bonds. The van der Waals surface area contributed by atoms with Crippen LogP contribution in [0.2, 0.25) is 0 Å². The fourth-order valence-corrected chi connectivity index (χ4v) is 1.96. The van der Waals surface area contributed by atoms with Crippen molar-refractivity contribution in [3.05, 3.63) is 47.3 Å². The lowest BCUT2D eigenvalue weighted by atomic mass is 10.2. The van der Waals surface area contributed by atoms with E-state index in [1.165, 1.54) is 0 Å². The molecule has 2 rings (SSSR count). The second-order valence-electron chi connectivity index (χ2n) is 4.64. The Balaban J connectivity index is 2.47. The fraction of sp³-hybridized carbons (Fsp3) is 0.286. The first-order chi connectivity index (χ1) is 10.3. The first kappa shape index (κ1) is 16.0. The van der Waals surface area contributed by atoms with Crippen molar-refractivity contribution < 1.29 is 18.0 Å². The Labute approximate surface area is 124 Å². The average molecular weight is 312 g/mol. The third-order valence-corrected chi connectivity index (χ3v) is 2.99. The summed E-state index contributed by atoms with van der Waals surface area (Å²) in [5, 5.41) is 6.57. The van der Waals surface area contributed by atoms with Gasteiger partial charge in [0.15, 0.2) is 5.69 Å². The lowest BCUT2D eigenvalue weighted by Crippen LogP contribution is -2.17. The van der Waals surface area contributed by atoms with Gasteiger partial charge in [0.25, 0.3) is 5.91 Å². The van der Waals surface area contributed by atoms with Gasteiger partial charge in [-0.1, -0.05) is 19.1 Å². The van der Waals surface area contributed by atoms with Crippen molar-refractivity contribution in [1.29, 1.82) is 0 Å². The van der Waals surface area contributed by atoms with Crippen molar-refractivity contribution in [3.8, 4) is 5.69 Å². The number of primary amides is 1. The van der Waals surface area contributed by atoms with Crippen molar-refractivity contribution >= 4 is 5.91 Å². The largest absolute Gasteiger partial charge is 0.435 e. The number of hydrogen-bond acceptors (Lipinski definition) is 3. The highest BCUT2D eigenvalue weighted by Crippen LogP contribution is 2.29. The van der Waals surface area contributed by atoms with Gasteiger partial charge in [-0.25, -0.2) is 4.68 Å². The maximum absolute atomic E-state index is 12.8. The van der Waals surface area contributed by atoms with Crippen molar-refractivity contribution in [3.63, 3.8) is 0 Å². The number of rotatable bonds is 5. The Morgan fingerprint density at radius 2 is 2.09 bits per heavy atom. The quantitative estimate of drug-likeness (QED) is 0.888. The molecule has 0 aliphatic heterocycles. The van der Waals surface area contributed by atoms with Crippen LogP contribution in [0.1, 0.15) is 28.7 Å². The monoisotopic (exact) mass is 312 g/mol. The summed E-state index contributed by atoms with van der Waals surface area (Å²) in [5.41, 5.74) is 4.89. The Bertz CT molecular complexity index is 679. The third-order valence-electron chi connectivity index (χ3n) is 2.99. The zero-order chi connectivity index (χ0) is 16.3. The van der Waals surface area contributed by atoms with E-state index in [2.05, 4.69) is 10.4 Å². The lowest BCUT2D eigenvalue weighted by Gasteiger charge is -2.08. The molecule has 0 saturated heterocycles. The summed E-state index contributed by atoms with van der Waals surface area (Å²) in [5.74, 6) is -0.972. The van der Waals surface area contributed by atoms with Crippen molar-refractivity contribution in [1.82, 2.24) is 15.1 Å². The predicted molar refractivity (Wildman–Crippen MR) is 74.5 cm³/mol. The van der Waals surface area contributed by atoms with Crippen LogP contribution in [0.4, 0.5) is 13.2 Å². The van der Waals surface area contributed by atoms with Gasteiger partial charge in [0.1, 0.15) is 5.69 Å².